The van der Waals surface area contributed by atoms with E-state index in [1.807, 2.05) is 20.8 Å². The number of carbonyl (C=O) groups excluding carboxylic acids is 5. The van der Waals surface area contributed by atoms with E-state index >= 15 is 0 Å². The molecule has 7 amide bonds. The summed E-state index contributed by atoms with van der Waals surface area (Å²) in [4.78, 5) is 62.8. The van der Waals surface area contributed by atoms with Crippen molar-refractivity contribution < 1.29 is 24.0 Å². The van der Waals surface area contributed by atoms with Crippen molar-refractivity contribution in [3.63, 3.8) is 0 Å². The zero-order valence-corrected chi connectivity index (χ0v) is 16.9. The van der Waals surface area contributed by atoms with Gasteiger partial charge in [-0.2, -0.15) is 0 Å². The minimum atomic E-state index is -1.01. The first kappa shape index (κ1) is 24.4. The van der Waals surface area contributed by atoms with Crippen LogP contribution in [0.1, 0.15) is 40.0 Å². The summed E-state index contributed by atoms with van der Waals surface area (Å²) in [6.45, 7) is 5.43. The lowest BCUT2D eigenvalue weighted by molar-refractivity contribution is -0.143. The average Bonchev–Trinajstić information content (AvgIpc) is 2.57. The van der Waals surface area contributed by atoms with E-state index < -0.39 is 29.9 Å². The Bertz CT molecular complexity index is 578. The van der Waals surface area contributed by atoms with Crippen molar-refractivity contribution in [2.24, 2.45) is 11.7 Å². The molecule has 0 aliphatic carbocycles. The zero-order chi connectivity index (χ0) is 21.3. The molecule has 3 N–H and O–H groups in total. The van der Waals surface area contributed by atoms with Gasteiger partial charge in [0.2, 0.25) is 11.8 Å². The molecule has 0 fully saturated rings. The van der Waals surface area contributed by atoms with Gasteiger partial charge < -0.3 is 15.5 Å². The normalized spacial score (nSPS) is 11.5. The Kier molecular flexibility index (Phi) is 10.1. The van der Waals surface area contributed by atoms with Gasteiger partial charge in [-0.3, -0.25) is 19.7 Å². The molecule has 0 aliphatic heterocycles. The fourth-order valence-corrected chi connectivity index (χ4v) is 2.24. The van der Waals surface area contributed by atoms with Crippen molar-refractivity contribution >= 4 is 29.8 Å². The summed E-state index contributed by atoms with van der Waals surface area (Å²) in [5.74, 6) is -1.26. The number of amides is 7. The van der Waals surface area contributed by atoms with Crippen molar-refractivity contribution in [3.8, 4) is 0 Å². The maximum Gasteiger partial charge on any atom is 0.331 e. The summed E-state index contributed by atoms with van der Waals surface area (Å²) in [5.41, 5.74) is 5.00. The van der Waals surface area contributed by atoms with Gasteiger partial charge in [0.1, 0.15) is 6.04 Å². The Labute approximate surface area is 160 Å². The number of carbonyl (C=O) groups is 5. The largest absolute Gasteiger partial charge is 0.351 e. The molecule has 10 heteroatoms. The molecule has 0 rings (SSSR count). The highest BCUT2D eigenvalue weighted by molar-refractivity contribution is 6.03. The second kappa shape index (κ2) is 11.1. The van der Waals surface area contributed by atoms with Gasteiger partial charge in [0.15, 0.2) is 0 Å². The number of rotatable bonds is 8. The predicted octanol–water partition coefficient (Wildman–Crippen LogP) is 0.365. The highest BCUT2D eigenvalue weighted by atomic mass is 16.2. The van der Waals surface area contributed by atoms with Crippen LogP contribution in [0.4, 0.5) is 9.59 Å². The molecule has 27 heavy (non-hydrogen) atoms. The number of nitrogens with one attached hydrogen (secondary N) is 1. The third-order valence-electron chi connectivity index (χ3n) is 3.99. The van der Waals surface area contributed by atoms with Crippen LogP contribution >= 0.6 is 0 Å². The standard InChI is InChI=1S/C17H31N5O5/c1-7-8-13(23)20(4)10-14(24)21(5)12(9-11(2)3)15(25)19-17(27)22(6)16(18)26/h11-12H,7-10H2,1-6H3,(H2,18,26)(H,19,25,27)/t12-/m0/s1. The van der Waals surface area contributed by atoms with E-state index in [-0.39, 0.29) is 18.4 Å². The maximum atomic E-state index is 12.5. The Morgan fingerprint density at radius 1 is 1.00 bits per heavy atom. The maximum absolute atomic E-state index is 12.5. The topological polar surface area (TPSA) is 133 Å². The fourth-order valence-electron chi connectivity index (χ4n) is 2.24. The Hall–Kier alpha value is -2.65. The van der Waals surface area contributed by atoms with Gasteiger partial charge in [-0.25, -0.2) is 14.5 Å². The zero-order valence-electron chi connectivity index (χ0n) is 16.9. The van der Waals surface area contributed by atoms with Crippen LogP contribution in [0.25, 0.3) is 0 Å². The number of likely N-dealkylation sites (N-methyl/N-ethyl adjacent to an activating group) is 2. The first-order chi connectivity index (χ1) is 12.4. The van der Waals surface area contributed by atoms with Gasteiger partial charge >= 0.3 is 12.1 Å². The predicted molar refractivity (Wildman–Crippen MR) is 99.4 cm³/mol. The number of primary amides is 1. The van der Waals surface area contributed by atoms with Gasteiger partial charge in [-0.15, -0.1) is 0 Å². The van der Waals surface area contributed by atoms with E-state index in [0.717, 1.165) is 7.05 Å². The van der Waals surface area contributed by atoms with E-state index in [9.17, 15) is 24.0 Å². The van der Waals surface area contributed by atoms with Crippen LogP contribution in [0.5, 0.6) is 0 Å². The third kappa shape index (κ3) is 8.06. The van der Waals surface area contributed by atoms with Crippen molar-refractivity contribution in [2.45, 2.75) is 46.1 Å². The molecule has 0 unspecified atom stereocenters. The lowest BCUT2D eigenvalue weighted by atomic mass is 10.0. The number of urea groups is 2. The molecule has 0 saturated heterocycles. The highest BCUT2D eigenvalue weighted by Gasteiger charge is 2.30. The molecule has 0 radical (unpaired) electrons. The van der Waals surface area contributed by atoms with Crippen molar-refractivity contribution in [3.05, 3.63) is 0 Å². The summed E-state index contributed by atoms with van der Waals surface area (Å²) in [6.07, 6.45) is 1.30. The molecule has 10 nitrogen and oxygen atoms in total. The molecule has 1 atom stereocenters. The van der Waals surface area contributed by atoms with Crippen LogP contribution in [0.15, 0.2) is 0 Å². The molecular weight excluding hydrogens is 354 g/mol. The van der Waals surface area contributed by atoms with Crippen molar-refractivity contribution in [1.29, 1.82) is 0 Å². The van der Waals surface area contributed by atoms with Gasteiger partial charge in [-0.1, -0.05) is 20.8 Å². The summed E-state index contributed by atoms with van der Waals surface area (Å²) >= 11 is 0. The van der Waals surface area contributed by atoms with E-state index in [0.29, 0.717) is 24.2 Å². The molecule has 0 saturated carbocycles. The second-order valence-electron chi connectivity index (χ2n) is 6.84. The van der Waals surface area contributed by atoms with Crippen LogP contribution in [0, 0.1) is 5.92 Å². The molecule has 0 aromatic carbocycles. The second-order valence-corrected chi connectivity index (χ2v) is 6.84. The van der Waals surface area contributed by atoms with Crippen LogP contribution < -0.4 is 11.1 Å². The minimum absolute atomic E-state index is 0.0550. The number of nitrogens with zero attached hydrogens (tertiary/aromatic N) is 3. The van der Waals surface area contributed by atoms with Gasteiger partial charge in [0, 0.05) is 27.6 Å². The summed E-state index contributed by atoms with van der Waals surface area (Å²) < 4.78 is 0. The first-order valence-corrected chi connectivity index (χ1v) is 8.79. The lowest BCUT2D eigenvalue weighted by Crippen LogP contribution is -2.54. The average molecular weight is 385 g/mol. The quantitative estimate of drug-likeness (QED) is 0.622. The van der Waals surface area contributed by atoms with Crippen LogP contribution in [-0.4, -0.2) is 78.2 Å². The monoisotopic (exact) mass is 385 g/mol. The number of nitrogens with two attached hydrogens (primary N) is 1. The minimum Gasteiger partial charge on any atom is -0.351 e. The molecular formula is C17H31N5O5. The van der Waals surface area contributed by atoms with E-state index in [2.05, 4.69) is 5.32 Å². The fraction of sp³-hybridized carbons (Fsp3) is 0.706. The third-order valence-corrected chi connectivity index (χ3v) is 3.99. The van der Waals surface area contributed by atoms with Crippen LogP contribution in [0.3, 0.4) is 0 Å². The summed E-state index contributed by atoms with van der Waals surface area (Å²) in [6, 6.07) is -2.92. The smallest absolute Gasteiger partial charge is 0.331 e. The van der Waals surface area contributed by atoms with E-state index in [1.54, 1.807) is 0 Å². The summed E-state index contributed by atoms with van der Waals surface area (Å²) in [7, 11) is 4.09. The Balaban J connectivity index is 5.17. The SMILES string of the molecule is CCCC(=O)N(C)CC(=O)N(C)[C@@H](CC(C)C)C(=O)NC(=O)N(C)C(N)=O. The lowest BCUT2D eigenvalue weighted by Gasteiger charge is -2.30. The Morgan fingerprint density at radius 2 is 1.56 bits per heavy atom. The van der Waals surface area contributed by atoms with Crippen molar-refractivity contribution in [1.82, 2.24) is 20.0 Å². The summed E-state index contributed by atoms with van der Waals surface area (Å²) in [5, 5.41) is 2.07. The number of hydrogen-bond acceptors (Lipinski definition) is 5. The number of imide groups is 2. The molecule has 0 aromatic rings. The van der Waals surface area contributed by atoms with E-state index in [1.165, 1.54) is 23.9 Å². The van der Waals surface area contributed by atoms with Gasteiger partial charge in [0.05, 0.1) is 6.54 Å². The molecule has 0 aromatic heterocycles. The van der Waals surface area contributed by atoms with Gasteiger partial charge in [-0.05, 0) is 18.8 Å². The Morgan fingerprint density at radius 3 is 2.00 bits per heavy atom. The first-order valence-electron chi connectivity index (χ1n) is 8.79. The van der Waals surface area contributed by atoms with Crippen LogP contribution in [-0.2, 0) is 14.4 Å². The molecule has 0 aliphatic rings. The van der Waals surface area contributed by atoms with Crippen molar-refractivity contribution in [2.75, 3.05) is 27.7 Å². The molecule has 0 heterocycles. The van der Waals surface area contributed by atoms with E-state index in [4.69, 9.17) is 5.73 Å². The molecule has 0 spiro atoms. The molecule has 0 bridgehead atoms. The van der Waals surface area contributed by atoms with Gasteiger partial charge in [0.25, 0.3) is 5.91 Å². The number of hydrogen-bond donors (Lipinski definition) is 2. The highest BCUT2D eigenvalue weighted by Crippen LogP contribution is 2.12. The molecule has 154 valence electrons. The van der Waals surface area contributed by atoms with Crippen LogP contribution in [0.2, 0.25) is 0 Å².